The molecule has 5 aromatic rings. The Bertz CT molecular complexity index is 1980. The van der Waals surface area contributed by atoms with Crippen molar-refractivity contribution in [3.8, 4) is 11.5 Å². The van der Waals surface area contributed by atoms with Crippen LogP contribution in [0.1, 0.15) is 43.8 Å². The van der Waals surface area contributed by atoms with Crippen molar-refractivity contribution >= 4 is 58.5 Å². The Kier molecular flexibility index (Phi) is 8.60. The molecule has 5 rings (SSSR count). The van der Waals surface area contributed by atoms with Gasteiger partial charge >= 0.3 is 0 Å². The molecule has 0 aliphatic heterocycles. The third-order valence-corrected chi connectivity index (χ3v) is 7.08. The van der Waals surface area contributed by atoms with Gasteiger partial charge in [-0.3, -0.25) is 29.2 Å². The molecule has 0 fully saturated rings. The number of allylic oxidation sites excluding steroid dienone is 2. The van der Waals surface area contributed by atoms with Crippen LogP contribution in [-0.4, -0.2) is 67.6 Å². The maximum Gasteiger partial charge on any atom is 0.298 e. The number of aryl methyl sites for hydroxylation is 2. The van der Waals surface area contributed by atoms with Crippen molar-refractivity contribution in [2.45, 2.75) is 33.5 Å². The van der Waals surface area contributed by atoms with Crippen LogP contribution in [0.4, 0.5) is 11.9 Å². The Morgan fingerprint density at radius 2 is 1.62 bits per heavy atom. The maximum absolute atomic E-state index is 13.4. The molecule has 0 saturated heterocycles. The standard InChI is InChI=1S/C30H31N9O6/c1-5-39-22(10-17(2)36-39)28(43)35-30-34-21-13-19(27(31)42)14-23(44-4)25(21)38(30)9-7-6-8-37-26-20(33-29(37)32-3)11-18(15-40)12-24(26)45-16-41/h6-7,10-16H,5,8-9H2,1-4H3,(H2,31,42)(H,32,33)(H,34,35,43)/b7-6+. The van der Waals surface area contributed by atoms with Gasteiger partial charge in [0.25, 0.3) is 12.4 Å². The van der Waals surface area contributed by atoms with Gasteiger partial charge in [0.2, 0.25) is 17.8 Å². The number of aldehydes is 1. The Hall–Kier alpha value is -5.99. The number of nitrogens with zero attached hydrogens (tertiary/aromatic N) is 6. The van der Waals surface area contributed by atoms with Crippen LogP contribution >= 0.6 is 0 Å². The second-order valence-electron chi connectivity index (χ2n) is 9.88. The molecular weight excluding hydrogens is 582 g/mol. The quantitative estimate of drug-likeness (QED) is 0.131. The number of fused-ring (bicyclic) bond motifs is 2. The van der Waals surface area contributed by atoms with Gasteiger partial charge in [-0.2, -0.15) is 5.10 Å². The molecule has 2 amide bonds. The highest BCUT2D eigenvalue weighted by Gasteiger charge is 2.21. The van der Waals surface area contributed by atoms with E-state index in [-0.39, 0.29) is 23.8 Å². The molecule has 0 aliphatic carbocycles. The number of nitrogens with one attached hydrogen (secondary N) is 2. The molecule has 0 aliphatic rings. The summed E-state index contributed by atoms with van der Waals surface area (Å²) >= 11 is 0. The number of methoxy groups -OCH3 is 1. The first kappa shape index (κ1) is 30.5. The SMILES string of the molecule is CCn1nc(C)cc1C(=O)Nc1nc2cc(C(N)=O)cc(OC)c2n1C/C=C/Cn1c(NC)nc2cc(C=O)cc(OC=O)c21. The number of ether oxygens (including phenoxy) is 2. The predicted octanol–water partition coefficient (Wildman–Crippen LogP) is 2.92. The molecule has 0 atom stereocenters. The number of anilines is 2. The van der Waals surface area contributed by atoms with Crippen LogP contribution in [0.2, 0.25) is 0 Å². The van der Waals surface area contributed by atoms with Crippen molar-refractivity contribution in [1.29, 1.82) is 0 Å². The second kappa shape index (κ2) is 12.7. The van der Waals surface area contributed by atoms with Crippen molar-refractivity contribution < 1.29 is 28.7 Å². The highest BCUT2D eigenvalue weighted by molar-refractivity contribution is 6.04. The summed E-state index contributed by atoms with van der Waals surface area (Å²) in [4.78, 5) is 57.1. The molecule has 15 nitrogen and oxygen atoms in total. The van der Waals surface area contributed by atoms with Gasteiger partial charge in [0, 0.05) is 37.8 Å². The lowest BCUT2D eigenvalue weighted by molar-refractivity contribution is -0.120. The number of amides is 2. The van der Waals surface area contributed by atoms with Gasteiger partial charge in [-0.15, -0.1) is 0 Å². The fraction of sp³-hybridized carbons (Fsp3) is 0.233. The zero-order valence-electron chi connectivity index (χ0n) is 25.0. The molecule has 3 heterocycles. The summed E-state index contributed by atoms with van der Waals surface area (Å²) < 4.78 is 15.9. The average Bonchev–Trinajstić information content (AvgIpc) is 3.70. The lowest BCUT2D eigenvalue weighted by atomic mass is 10.1. The summed E-state index contributed by atoms with van der Waals surface area (Å²) in [6.07, 6.45) is 4.36. The van der Waals surface area contributed by atoms with Gasteiger partial charge in [0.15, 0.2) is 5.75 Å². The minimum atomic E-state index is -0.649. The summed E-state index contributed by atoms with van der Waals surface area (Å²) in [5, 5.41) is 10.2. The summed E-state index contributed by atoms with van der Waals surface area (Å²) in [5.74, 6) is 0.175. The third-order valence-electron chi connectivity index (χ3n) is 7.08. The first-order valence-corrected chi connectivity index (χ1v) is 13.9. The van der Waals surface area contributed by atoms with Gasteiger partial charge < -0.3 is 29.7 Å². The van der Waals surface area contributed by atoms with Crippen LogP contribution in [0.3, 0.4) is 0 Å². The number of aromatic nitrogens is 6. The van der Waals surface area contributed by atoms with E-state index in [2.05, 4.69) is 25.7 Å². The van der Waals surface area contributed by atoms with Crippen molar-refractivity contribution in [2.24, 2.45) is 5.73 Å². The molecule has 232 valence electrons. The van der Waals surface area contributed by atoms with E-state index in [0.29, 0.717) is 76.6 Å². The van der Waals surface area contributed by atoms with Crippen LogP contribution in [0.5, 0.6) is 11.5 Å². The minimum Gasteiger partial charge on any atom is -0.494 e. The van der Waals surface area contributed by atoms with E-state index < -0.39 is 11.8 Å². The zero-order chi connectivity index (χ0) is 32.2. The lowest BCUT2D eigenvalue weighted by Gasteiger charge is -2.11. The smallest absolute Gasteiger partial charge is 0.298 e. The largest absolute Gasteiger partial charge is 0.494 e. The summed E-state index contributed by atoms with van der Waals surface area (Å²) in [6, 6.07) is 7.82. The zero-order valence-corrected chi connectivity index (χ0v) is 25.0. The highest BCUT2D eigenvalue weighted by atomic mass is 16.5. The molecule has 2 aromatic carbocycles. The average molecular weight is 614 g/mol. The Labute approximate surface area is 256 Å². The molecule has 4 N–H and O–H groups in total. The molecule has 0 radical (unpaired) electrons. The van der Waals surface area contributed by atoms with E-state index in [1.165, 1.54) is 25.3 Å². The number of benzene rings is 2. The monoisotopic (exact) mass is 613 g/mol. The van der Waals surface area contributed by atoms with Gasteiger partial charge in [0.05, 0.1) is 23.8 Å². The Morgan fingerprint density at radius 3 is 2.24 bits per heavy atom. The van der Waals surface area contributed by atoms with E-state index in [9.17, 15) is 19.2 Å². The molecule has 45 heavy (non-hydrogen) atoms. The molecule has 0 unspecified atom stereocenters. The van der Waals surface area contributed by atoms with Crippen molar-refractivity contribution in [2.75, 3.05) is 24.8 Å². The molecule has 0 spiro atoms. The van der Waals surface area contributed by atoms with Crippen LogP contribution in [0, 0.1) is 6.92 Å². The van der Waals surface area contributed by atoms with Crippen LogP contribution in [0.25, 0.3) is 22.1 Å². The molecule has 3 aromatic heterocycles. The number of nitrogens with two attached hydrogens (primary N) is 1. The van der Waals surface area contributed by atoms with Crippen LogP contribution < -0.4 is 25.8 Å². The van der Waals surface area contributed by atoms with E-state index in [1.54, 1.807) is 39.9 Å². The van der Waals surface area contributed by atoms with Crippen molar-refractivity contribution in [3.63, 3.8) is 0 Å². The lowest BCUT2D eigenvalue weighted by Crippen LogP contribution is -2.20. The highest BCUT2D eigenvalue weighted by Crippen LogP contribution is 2.32. The normalized spacial score (nSPS) is 11.3. The fourth-order valence-corrected chi connectivity index (χ4v) is 5.12. The first-order valence-electron chi connectivity index (χ1n) is 13.9. The Morgan fingerprint density at radius 1 is 0.956 bits per heavy atom. The summed E-state index contributed by atoms with van der Waals surface area (Å²) in [5.41, 5.74) is 9.04. The van der Waals surface area contributed by atoms with Crippen molar-refractivity contribution in [1.82, 2.24) is 28.9 Å². The summed E-state index contributed by atoms with van der Waals surface area (Å²) in [7, 11) is 3.17. The van der Waals surface area contributed by atoms with Crippen LogP contribution in [0.15, 0.2) is 42.5 Å². The second-order valence-corrected chi connectivity index (χ2v) is 9.88. The van der Waals surface area contributed by atoms with E-state index in [4.69, 9.17) is 15.2 Å². The number of hydrogen-bond donors (Lipinski definition) is 3. The third kappa shape index (κ3) is 5.82. The van der Waals surface area contributed by atoms with E-state index in [1.807, 2.05) is 19.1 Å². The van der Waals surface area contributed by atoms with Gasteiger partial charge in [-0.05, 0) is 44.2 Å². The maximum atomic E-state index is 13.4. The van der Waals surface area contributed by atoms with Gasteiger partial charge in [0.1, 0.15) is 28.8 Å². The molecule has 15 heteroatoms. The predicted molar refractivity (Wildman–Crippen MR) is 166 cm³/mol. The number of rotatable bonds is 13. The molecule has 0 bridgehead atoms. The Balaban J connectivity index is 1.53. The first-order chi connectivity index (χ1) is 21.7. The number of primary amides is 1. The van der Waals surface area contributed by atoms with E-state index >= 15 is 0 Å². The number of carbonyl (C=O) groups excluding carboxylic acids is 4. The minimum absolute atomic E-state index is 0.189. The fourth-order valence-electron chi connectivity index (χ4n) is 5.12. The number of imidazole rings is 2. The van der Waals surface area contributed by atoms with Crippen LogP contribution in [-0.2, 0) is 24.4 Å². The van der Waals surface area contributed by atoms with E-state index in [0.717, 1.165) is 0 Å². The van der Waals surface area contributed by atoms with Gasteiger partial charge in [-0.1, -0.05) is 12.2 Å². The number of carbonyl (C=O) groups is 4. The molecule has 0 saturated carbocycles. The topological polar surface area (TPSA) is 190 Å². The number of hydrogen-bond acceptors (Lipinski definition) is 10. The van der Waals surface area contributed by atoms with Crippen molar-refractivity contribution in [3.05, 3.63) is 65.0 Å². The molecular formula is C30H31N9O6. The van der Waals surface area contributed by atoms with Gasteiger partial charge in [-0.25, -0.2) is 9.97 Å². The summed E-state index contributed by atoms with van der Waals surface area (Å²) in [6.45, 7) is 5.02.